The Labute approximate surface area is 125 Å². The van der Waals surface area contributed by atoms with Crippen molar-refractivity contribution in [2.45, 2.75) is 13.0 Å². The van der Waals surface area contributed by atoms with Crippen LogP contribution in [-0.4, -0.2) is 19.2 Å². The number of hydrogen-bond acceptors (Lipinski definition) is 4. The van der Waals surface area contributed by atoms with Gasteiger partial charge in [0.25, 0.3) is 0 Å². The summed E-state index contributed by atoms with van der Waals surface area (Å²) in [5.74, 6) is 0.0486. The predicted octanol–water partition coefficient (Wildman–Crippen LogP) is 2.57. The van der Waals surface area contributed by atoms with E-state index in [1.807, 2.05) is 29.6 Å². The molecule has 102 valence electrons. The summed E-state index contributed by atoms with van der Waals surface area (Å²) in [6, 6.07) is 7.39. The fraction of sp³-hybridized carbons (Fsp3) is 0.250. The van der Waals surface area contributed by atoms with Crippen LogP contribution in [-0.2, 0) is 23.0 Å². The molecular formula is C12H13BrN2O2S2. The minimum absolute atomic E-state index is 0.0486. The number of thiophene rings is 1. The molecular weight excluding hydrogens is 348 g/mol. The van der Waals surface area contributed by atoms with Crippen molar-refractivity contribution in [1.82, 2.24) is 9.71 Å². The molecule has 0 saturated carbocycles. The third-order valence-corrected chi connectivity index (χ3v) is 5.75. The van der Waals surface area contributed by atoms with E-state index in [1.165, 1.54) is 11.3 Å². The van der Waals surface area contributed by atoms with Crippen LogP contribution in [0.3, 0.4) is 0 Å². The van der Waals surface area contributed by atoms with Gasteiger partial charge in [-0.3, -0.25) is 4.98 Å². The highest BCUT2D eigenvalue weighted by Crippen LogP contribution is 2.22. The monoisotopic (exact) mass is 360 g/mol. The molecule has 0 atom stereocenters. The molecule has 4 nitrogen and oxygen atoms in total. The largest absolute Gasteiger partial charge is 0.261 e. The number of pyridine rings is 1. The Bertz CT molecular complexity index is 626. The molecule has 0 aliphatic carbocycles. The normalized spacial score (nSPS) is 11.6. The Morgan fingerprint density at radius 3 is 2.79 bits per heavy atom. The third kappa shape index (κ3) is 4.68. The maximum Gasteiger partial charge on any atom is 0.212 e. The van der Waals surface area contributed by atoms with Crippen molar-refractivity contribution < 1.29 is 8.42 Å². The van der Waals surface area contributed by atoms with Crippen molar-refractivity contribution in [1.29, 1.82) is 0 Å². The maximum absolute atomic E-state index is 11.9. The van der Waals surface area contributed by atoms with Gasteiger partial charge in [-0.25, -0.2) is 13.1 Å². The molecule has 0 radical (unpaired) electrons. The summed E-state index contributed by atoms with van der Waals surface area (Å²) in [5, 5.41) is 1.92. The average molecular weight is 361 g/mol. The van der Waals surface area contributed by atoms with Crippen molar-refractivity contribution in [3.05, 3.63) is 50.9 Å². The van der Waals surface area contributed by atoms with Crippen molar-refractivity contribution >= 4 is 37.3 Å². The second-order valence-corrected chi connectivity index (χ2v) is 7.68. The van der Waals surface area contributed by atoms with Crippen LogP contribution < -0.4 is 4.72 Å². The number of hydrogen-bond donors (Lipinski definition) is 1. The van der Waals surface area contributed by atoms with E-state index < -0.39 is 10.0 Å². The number of rotatable bonds is 6. The minimum atomic E-state index is -3.28. The molecule has 0 unspecified atom stereocenters. The Morgan fingerprint density at radius 1 is 1.32 bits per heavy atom. The lowest BCUT2D eigenvalue weighted by Crippen LogP contribution is -2.26. The fourth-order valence-electron chi connectivity index (χ4n) is 1.48. The van der Waals surface area contributed by atoms with Gasteiger partial charge in [0.05, 0.1) is 5.75 Å². The zero-order valence-corrected chi connectivity index (χ0v) is 13.3. The maximum atomic E-state index is 11.9. The van der Waals surface area contributed by atoms with E-state index in [4.69, 9.17) is 0 Å². The van der Waals surface area contributed by atoms with Crippen molar-refractivity contribution in [3.63, 3.8) is 0 Å². The van der Waals surface area contributed by atoms with E-state index in [9.17, 15) is 8.42 Å². The van der Waals surface area contributed by atoms with Gasteiger partial charge in [0.2, 0.25) is 10.0 Å². The molecule has 0 aromatic carbocycles. The molecule has 0 saturated heterocycles. The van der Waals surface area contributed by atoms with E-state index in [0.29, 0.717) is 13.0 Å². The number of halogens is 1. The van der Waals surface area contributed by atoms with Crippen LogP contribution in [0.25, 0.3) is 0 Å². The van der Waals surface area contributed by atoms with Gasteiger partial charge >= 0.3 is 0 Å². The van der Waals surface area contributed by atoms with E-state index in [-0.39, 0.29) is 5.75 Å². The molecule has 2 rings (SSSR count). The predicted molar refractivity (Wildman–Crippen MR) is 80.6 cm³/mol. The van der Waals surface area contributed by atoms with Crippen molar-refractivity contribution in [3.8, 4) is 0 Å². The smallest absolute Gasteiger partial charge is 0.212 e. The molecule has 2 heterocycles. The molecule has 1 N–H and O–H groups in total. The van der Waals surface area contributed by atoms with Gasteiger partial charge in [0.1, 0.15) is 0 Å². The van der Waals surface area contributed by atoms with Gasteiger partial charge in [-0.05, 0) is 39.5 Å². The lowest BCUT2D eigenvalue weighted by Gasteiger charge is -2.05. The number of aromatic nitrogens is 1. The highest BCUT2D eigenvalue weighted by Gasteiger charge is 2.12. The Balaban J connectivity index is 1.87. The van der Waals surface area contributed by atoms with E-state index in [2.05, 4.69) is 25.6 Å². The zero-order valence-electron chi connectivity index (χ0n) is 10.0. The molecule has 0 aliphatic heterocycles. The quantitative estimate of drug-likeness (QED) is 0.860. The Hall–Kier alpha value is -0.760. The van der Waals surface area contributed by atoms with E-state index in [1.54, 1.807) is 6.20 Å². The molecule has 0 aliphatic rings. The summed E-state index contributed by atoms with van der Waals surface area (Å²) in [6.07, 6.45) is 2.08. The molecule has 0 fully saturated rings. The summed E-state index contributed by atoms with van der Waals surface area (Å²) in [4.78, 5) is 5.08. The number of aryl methyl sites for hydroxylation is 1. The first-order valence-corrected chi connectivity index (χ1v) is 8.98. The molecule has 7 heteroatoms. The lowest BCUT2D eigenvalue weighted by atomic mass is 10.3. The van der Waals surface area contributed by atoms with Gasteiger partial charge in [-0.1, -0.05) is 6.07 Å². The first kappa shape index (κ1) is 14.6. The van der Waals surface area contributed by atoms with Crippen LogP contribution in [0.2, 0.25) is 0 Å². The third-order valence-electron chi connectivity index (χ3n) is 2.50. The molecule has 19 heavy (non-hydrogen) atoms. The summed E-state index contributed by atoms with van der Waals surface area (Å²) >= 11 is 4.89. The number of nitrogens with one attached hydrogen (secondary N) is 1. The molecule has 0 amide bonds. The second kappa shape index (κ2) is 6.60. The first-order chi connectivity index (χ1) is 9.07. The first-order valence-electron chi connectivity index (χ1n) is 5.66. The highest BCUT2D eigenvalue weighted by atomic mass is 79.9. The highest BCUT2D eigenvalue weighted by molar-refractivity contribution is 9.10. The van der Waals surface area contributed by atoms with E-state index >= 15 is 0 Å². The lowest BCUT2D eigenvalue weighted by molar-refractivity contribution is 0.580. The van der Waals surface area contributed by atoms with Crippen LogP contribution in [0, 0.1) is 0 Å². The van der Waals surface area contributed by atoms with Crippen molar-refractivity contribution in [2.24, 2.45) is 0 Å². The van der Waals surface area contributed by atoms with Crippen LogP contribution >= 0.6 is 27.3 Å². The second-order valence-electron chi connectivity index (χ2n) is 3.90. The Kier molecular flexibility index (Phi) is 5.09. The zero-order chi connectivity index (χ0) is 13.7. The van der Waals surface area contributed by atoms with Gasteiger partial charge in [0.15, 0.2) is 0 Å². The van der Waals surface area contributed by atoms with Crippen LogP contribution in [0.1, 0.15) is 10.6 Å². The average Bonchev–Trinajstić information content (AvgIpc) is 2.81. The number of sulfonamides is 1. The van der Waals surface area contributed by atoms with Crippen LogP contribution in [0.15, 0.2) is 40.3 Å². The van der Waals surface area contributed by atoms with Gasteiger partial charge < -0.3 is 0 Å². The van der Waals surface area contributed by atoms with Gasteiger partial charge in [-0.15, -0.1) is 11.3 Å². The molecule has 2 aromatic rings. The summed E-state index contributed by atoms with van der Waals surface area (Å²) in [7, 11) is -3.28. The SMILES string of the molecule is O=S(=O)(CCc1ccccn1)NCc1sccc1Br. The van der Waals surface area contributed by atoms with Crippen LogP contribution in [0.4, 0.5) is 0 Å². The minimum Gasteiger partial charge on any atom is -0.261 e. The van der Waals surface area contributed by atoms with Crippen molar-refractivity contribution in [2.75, 3.05) is 5.75 Å². The van der Waals surface area contributed by atoms with E-state index in [0.717, 1.165) is 15.0 Å². The van der Waals surface area contributed by atoms with Gasteiger partial charge in [-0.2, -0.15) is 0 Å². The topological polar surface area (TPSA) is 59.1 Å². The summed E-state index contributed by atoms with van der Waals surface area (Å²) in [6.45, 7) is 0.322. The molecule has 0 spiro atoms. The Morgan fingerprint density at radius 2 is 2.16 bits per heavy atom. The molecule has 2 aromatic heterocycles. The van der Waals surface area contributed by atoms with Gasteiger partial charge in [0, 0.05) is 34.2 Å². The summed E-state index contributed by atoms with van der Waals surface area (Å²) < 4.78 is 27.3. The standard InChI is InChI=1S/C12H13BrN2O2S2/c13-11-4-7-18-12(11)9-15-19(16,17)8-5-10-3-1-2-6-14-10/h1-4,6-7,15H,5,8-9H2. The molecule has 0 bridgehead atoms. The fourth-order valence-corrected chi connectivity index (χ4v) is 3.99. The summed E-state index contributed by atoms with van der Waals surface area (Å²) in [5.41, 5.74) is 0.783. The number of nitrogens with zero attached hydrogens (tertiary/aromatic N) is 1. The van der Waals surface area contributed by atoms with Crippen LogP contribution in [0.5, 0.6) is 0 Å².